The number of aliphatic carboxylic acids is 1. The molecule has 1 unspecified atom stereocenters. The molecule has 2 aliphatic carbocycles. The summed E-state index contributed by atoms with van der Waals surface area (Å²) in [7, 11) is 0. The number of anilines is 1. The molecular weight excluding hydrogens is 246 g/mol. The van der Waals surface area contributed by atoms with Gasteiger partial charge in [-0.3, -0.25) is 4.79 Å². The largest absolute Gasteiger partial charge is 0.482 e. The lowest BCUT2D eigenvalue weighted by atomic mass is 10.2. The van der Waals surface area contributed by atoms with E-state index in [1.54, 1.807) is 24.3 Å². The molecule has 0 aromatic heterocycles. The minimum absolute atomic E-state index is 0.0629. The summed E-state index contributed by atoms with van der Waals surface area (Å²) in [5, 5.41) is 11.4. The molecule has 2 N–H and O–H groups in total. The Morgan fingerprint density at radius 2 is 2.21 bits per heavy atom. The highest BCUT2D eigenvalue weighted by molar-refractivity contribution is 5.95. The topological polar surface area (TPSA) is 75.6 Å². The van der Waals surface area contributed by atoms with Crippen molar-refractivity contribution < 1.29 is 19.4 Å². The molecule has 3 rings (SSSR count). The normalized spacial score (nSPS) is 21.8. The number of benzene rings is 1. The Labute approximate surface area is 110 Å². The fourth-order valence-electron chi connectivity index (χ4n) is 2.47. The van der Waals surface area contributed by atoms with Crippen molar-refractivity contribution >= 4 is 17.6 Å². The summed E-state index contributed by atoms with van der Waals surface area (Å²) in [5.74, 6) is -0.357. The van der Waals surface area contributed by atoms with Gasteiger partial charge in [0.15, 0.2) is 6.61 Å². The first kappa shape index (κ1) is 12.0. The van der Waals surface area contributed by atoms with E-state index in [1.807, 2.05) is 0 Å². The molecule has 1 aromatic rings. The molecule has 1 atom stereocenters. The third-order valence-electron chi connectivity index (χ3n) is 3.86. The lowest BCUT2D eigenvalue weighted by molar-refractivity contribution is -0.139. The zero-order valence-corrected chi connectivity index (χ0v) is 10.4. The van der Waals surface area contributed by atoms with Gasteiger partial charge in [-0.05, 0) is 36.8 Å². The number of hydrogen-bond donors (Lipinski definition) is 2. The lowest BCUT2D eigenvalue weighted by Crippen LogP contribution is -2.15. The number of nitrogens with one attached hydrogen (secondary N) is 1. The third-order valence-corrected chi connectivity index (χ3v) is 3.86. The number of hydrogen-bond acceptors (Lipinski definition) is 3. The predicted molar refractivity (Wildman–Crippen MR) is 68.0 cm³/mol. The number of rotatable bonds is 5. The first-order valence-electron chi connectivity index (χ1n) is 6.35. The van der Waals surface area contributed by atoms with E-state index in [9.17, 15) is 9.59 Å². The fraction of sp³-hybridized carbons (Fsp3) is 0.429. The number of carbonyl (C=O) groups excluding carboxylic acids is 1. The van der Waals surface area contributed by atoms with Gasteiger partial charge in [-0.1, -0.05) is 6.07 Å². The summed E-state index contributed by atoms with van der Waals surface area (Å²) in [5.41, 5.74) is 0.984. The quantitative estimate of drug-likeness (QED) is 0.848. The Morgan fingerprint density at radius 3 is 2.84 bits per heavy atom. The summed E-state index contributed by atoms with van der Waals surface area (Å²) < 4.78 is 5.07. The summed E-state index contributed by atoms with van der Waals surface area (Å²) in [6, 6.07) is 6.81. The first-order chi connectivity index (χ1) is 9.09. The molecule has 0 bridgehead atoms. The Balaban J connectivity index is 1.59. The maximum Gasteiger partial charge on any atom is 0.341 e. The fourth-order valence-corrected chi connectivity index (χ4v) is 2.47. The van der Waals surface area contributed by atoms with Crippen LogP contribution >= 0.6 is 0 Å². The number of carbonyl (C=O) groups is 2. The monoisotopic (exact) mass is 261 g/mol. The van der Waals surface area contributed by atoms with Gasteiger partial charge in [-0.2, -0.15) is 0 Å². The Bertz CT molecular complexity index is 536. The summed E-state index contributed by atoms with van der Waals surface area (Å²) in [6.45, 7) is -0.386. The molecule has 1 amide bonds. The maximum atomic E-state index is 12.0. The molecule has 0 heterocycles. The van der Waals surface area contributed by atoms with Crippen molar-refractivity contribution in [3.63, 3.8) is 0 Å². The van der Waals surface area contributed by atoms with Crippen LogP contribution < -0.4 is 10.1 Å². The molecule has 5 heteroatoms. The van der Waals surface area contributed by atoms with E-state index >= 15 is 0 Å². The predicted octanol–water partition coefficient (Wildman–Crippen LogP) is 1.89. The molecule has 0 saturated heterocycles. The van der Waals surface area contributed by atoms with Gasteiger partial charge in [0.25, 0.3) is 0 Å². The van der Waals surface area contributed by atoms with E-state index in [1.165, 1.54) is 12.8 Å². The van der Waals surface area contributed by atoms with Crippen LogP contribution in [-0.4, -0.2) is 23.6 Å². The summed E-state index contributed by atoms with van der Waals surface area (Å²) >= 11 is 0. The van der Waals surface area contributed by atoms with Crippen LogP contribution in [-0.2, 0) is 9.59 Å². The molecule has 19 heavy (non-hydrogen) atoms. The van der Waals surface area contributed by atoms with Crippen LogP contribution in [0.4, 0.5) is 5.69 Å². The molecule has 100 valence electrons. The molecule has 1 spiro atoms. The van der Waals surface area contributed by atoms with E-state index in [0.29, 0.717) is 16.9 Å². The second-order valence-electron chi connectivity index (χ2n) is 5.32. The van der Waals surface area contributed by atoms with Gasteiger partial charge in [0.05, 0.1) is 0 Å². The molecule has 2 fully saturated rings. The molecule has 0 radical (unpaired) electrons. The van der Waals surface area contributed by atoms with Crippen LogP contribution in [0.5, 0.6) is 5.75 Å². The minimum atomic E-state index is -1.02. The van der Waals surface area contributed by atoms with Gasteiger partial charge in [0.2, 0.25) is 5.91 Å². The zero-order chi connectivity index (χ0) is 13.5. The van der Waals surface area contributed by atoms with E-state index in [0.717, 1.165) is 6.42 Å². The lowest BCUT2D eigenvalue weighted by Gasteiger charge is -2.07. The van der Waals surface area contributed by atoms with Gasteiger partial charge in [-0.15, -0.1) is 0 Å². The number of ether oxygens (including phenoxy) is 1. The molecule has 2 aliphatic rings. The smallest absolute Gasteiger partial charge is 0.341 e. The Kier molecular flexibility index (Phi) is 2.69. The van der Waals surface area contributed by atoms with Crippen molar-refractivity contribution in [2.45, 2.75) is 19.3 Å². The average Bonchev–Trinajstić information content (AvgIpc) is 3.28. The van der Waals surface area contributed by atoms with Crippen LogP contribution in [0.15, 0.2) is 24.3 Å². The van der Waals surface area contributed by atoms with Crippen molar-refractivity contribution in [2.24, 2.45) is 11.3 Å². The van der Waals surface area contributed by atoms with Crippen molar-refractivity contribution in [3.8, 4) is 5.75 Å². The van der Waals surface area contributed by atoms with E-state index in [2.05, 4.69) is 5.32 Å². The van der Waals surface area contributed by atoms with Crippen LogP contribution in [0.25, 0.3) is 0 Å². The van der Waals surface area contributed by atoms with Gasteiger partial charge in [-0.25, -0.2) is 4.79 Å². The van der Waals surface area contributed by atoms with Gasteiger partial charge in [0.1, 0.15) is 5.75 Å². The molecule has 5 nitrogen and oxygen atoms in total. The maximum absolute atomic E-state index is 12.0. The van der Waals surface area contributed by atoms with Gasteiger partial charge < -0.3 is 15.2 Å². The second kappa shape index (κ2) is 4.26. The zero-order valence-electron chi connectivity index (χ0n) is 10.4. The number of carboxylic acid groups (broad SMARTS) is 1. The van der Waals surface area contributed by atoms with Crippen LogP contribution in [0.2, 0.25) is 0 Å². The molecule has 1 aromatic carbocycles. The minimum Gasteiger partial charge on any atom is -0.482 e. The highest BCUT2D eigenvalue weighted by Crippen LogP contribution is 2.70. The van der Waals surface area contributed by atoms with Crippen molar-refractivity contribution in [1.29, 1.82) is 0 Å². The highest BCUT2D eigenvalue weighted by atomic mass is 16.5. The Morgan fingerprint density at radius 1 is 1.42 bits per heavy atom. The third kappa shape index (κ3) is 2.54. The van der Waals surface area contributed by atoms with Gasteiger partial charge >= 0.3 is 5.97 Å². The summed E-state index contributed by atoms with van der Waals surface area (Å²) in [6.07, 6.45) is 3.35. The van der Waals surface area contributed by atoms with Crippen molar-refractivity contribution in [3.05, 3.63) is 24.3 Å². The number of carboxylic acids is 1. The standard InChI is InChI=1S/C14H15NO4/c16-12(17)8-19-10-3-1-2-9(6-10)15-13(18)11-7-14(11)4-5-14/h1-3,6,11H,4-5,7-8H2,(H,15,18)(H,16,17). The second-order valence-corrected chi connectivity index (χ2v) is 5.32. The van der Waals surface area contributed by atoms with Gasteiger partial charge in [0, 0.05) is 17.7 Å². The van der Waals surface area contributed by atoms with E-state index in [-0.39, 0.29) is 18.4 Å². The Hall–Kier alpha value is -2.04. The van der Waals surface area contributed by atoms with E-state index in [4.69, 9.17) is 9.84 Å². The van der Waals surface area contributed by atoms with Crippen LogP contribution in [0.1, 0.15) is 19.3 Å². The van der Waals surface area contributed by atoms with Crippen molar-refractivity contribution in [2.75, 3.05) is 11.9 Å². The SMILES string of the molecule is O=C(O)COc1cccc(NC(=O)C2CC23CC3)c1. The van der Waals surface area contributed by atoms with Crippen LogP contribution in [0.3, 0.4) is 0 Å². The summed E-state index contributed by atoms with van der Waals surface area (Å²) in [4.78, 5) is 22.4. The van der Waals surface area contributed by atoms with Crippen molar-refractivity contribution in [1.82, 2.24) is 0 Å². The van der Waals surface area contributed by atoms with Crippen LogP contribution in [0, 0.1) is 11.3 Å². The van der Waals surface area contributed by atoms with E-state index < -0.39 is 5.97 Å². The molecular formula is C14H15NO4. The molecule has 0 aliphatic heterocycles. The first-order valence-corrected chi connectivity index (χ1v) is 6.35. The average molecular weight is 261 g/mol. The molecule has 2 saturated carbocycles. The number of amides is 1. The highest BCUT2D eigenvalue weighted by Gasteiger charge is 2.65.